The Bertz CT molecular complexity index is 1370. The standard InChI is InChI=1S/C23H24N8O2/c1-23(2)17-4-3-16(10-18(17)26-22(23)32)31-21-19(28-29-31)12-24-20(27-21)9-14-11-25-30(13-14)15-5-7-33-8-6-15/h3-4,10-13,15H,5-9H2,1-2H3,(H,26,32). The van der Waals surface area contributed by atoms with Crippen LogP contribution in [0, 0.1) is 0 Å². The third kappa shape index (κ3) is 3.37. The monoisotopic (exact) mass is 444 g/mol. The molecular weight excluding hydrogens is 420 g/mol. The summed E-state index contributed by atoms with van der Waals surface area (Å²) in [4.78, 5) is 21.5. The first kappa shape index (κ1) is 20.0. The number of hydrogen-bond acceptors (Lipinski definition) is 7. The number of nitrogens with zero attached hydrogens (tertiary/aromatic N) is 7. The van der Waals surface area contributed by atoms with Crippen LogP contribution in [0.3, 0.4) is 0 Å². The van der Waals surface area contributed by atoms with Crippen LogP contribution in [0.1, 0.15) is 49.7 Å². The van der Waals surface area contributed by atoms with Crippen molar-refractivity contribution >= 4 is 22.8 Å². The minimum atomic E-state index is -0.553. The van der Waals surface area contributed by atoms with Crippen LogP contribution in [0.15, 0.2) is 36.8 Å². The van der Waals surface area contributed by atoms with Gasteiger partial charge in [-0.1, -0.05) is 11.3 Å². The van der Waals surface area contributed by atoms with Gasteiger partial charge in [-0.3, -0.25) is 9.48 Å². The fourth-order valence-electron chi connectivity index (χ4n) is 4.54. The lowest BCUT2D eigenvalue weighted by molar-refractivity contribution is -0.119. The fraction of sp³-hybridized carbons (Fsp3) is 0.391. The molecule has 0 spiro atoms. The van der Waals surface area contributed by atoms with Gasteiger partial charge in [-0.2, -0.15) is 9.78 Å². The largest absolute Gasteiger partial charge is 0.381 e. The molecule has 2 aliphatic rings. The molecule has 0 bridgehead atoms. The summed E-state index contributed by atoms with van der Waals surface area (Å²) in [5.41, 5.74) is 4.29. The van der Waals surface area contributed by atoms with Crippen molar-refractivity contribution in [2.24, 2.45) is 0 Å². The van der Waals surface area contributed by atoms with Gasteiger partial charge in [0.15, 0.2) is 11.2 Å². The minimum Gasteiger partial charge on any atom is -0.381 e. The Balaban J connectivity index is 1.29. The first-order chi connectivity index (χ1) is 16.0. The Morgan fingerprint density at radius 2 is 2.06 bits per heavy atom. The summed E-state index contributed by atoms with van der Waals surface area (Å²) in [7, 11) is 0. The van der Waals surface area contributed by atoms with Crippen LogP contribution < -0.4 is 5.32 Å². The molecule has 1 fully saturated rings. The Kier molecular flexibility index (Phi) is 4.51. The minimum absolute atomic E-state index is 0.0102. The molecule has 0 aliphatic carbocycles. The first-order valence-corrected chi connectivity index (χ1v) is 11.1. The molecule has 10 nitrogen and oxygen atoms in total. The van der Waals surface area contributed by atoms with E-state index in [1.165, 1.54) is 0 Å². The summed E-state index contributed by atoms with van der Waals surface area (Å²) in [6.07, 6.45) is 8.17. The number of fused-ring (bicyclic) bond motifs is 2. The van der Waals surface area contributed by atoms with Crippen molar-refractivity contribution in [3.63, 3.8) is 0 Å². The molecule has 5 heterocycles. The molecule has 33 heavy (non-hydrogen) atoms. The van der Waals surface area contributed by atoms with Crippen molar-refractivity contribution in [1.29, 1.82) is 0 Å². The Labute approximate surface area is 190 Å². The van der Waals surface area contributed by atoms with Crippen molar-refractivity contribution in [2.75, 3.05) is 18.5 Å². The molecular formula is C23H24N8O2. The maximum atomic E-state index is 12.3. The number of ether oxygens (including phenoxy) is 1. The zero-order chi connectivity index (χ0) is 22.6. The Hall–Kier alpha value is -3.66. The van der Waals surface area contributed by atoms with E-state index in [9.17, 15) is 4.79 Å². The van der Waals surface area contributed by atoms with Crippen molar-refractivity contribution in [3.05, 3.63) is 53.7 Å². The molecule has 2 aliphatic heterocycles. The highest BCUT2D eigenvalue weighted by Gasteiger charge is 2.38. The molecule has 4 aromatic rings. The van der Waals surface area contributed by atoms with Crippen LogP contribution in [-0.4, -0.2) is 53.9 Å². The van der Waals surface area contributed by atoms with E-state index < -0.39 is 5.41 Å². The number of aromatic nitrogens is 7. The summed E-state index contributed by atoms with van der Waals surface area (Å²) in [6, 6.07) is 6.19. The molecule has 0 unspecified atom stereocenters. The predicted octanol–water partition coefficient (Wildman–Crippen LogP) is 2.58. The molecule has 0 atom stereocenters. The van der Waals surface area contributed by atoms with Gasteiger partial charge in [0.2, 0.25) is 5.91 Å². The predicted molar refractivity (Wildman–Crippen MR) is 120 cm³/mol. The molecule has 0 saturated carbocycles. The average Bonchev–Trinajstić information content (AvgIpc) is 3.51. The summed E-state index contributed by atoms with van der Waals surface area (Å²) < 4.78 is 9.16. The molecule has 10 heteroatoms. The van der Waals surface area contributed by atoms with Crippen molar-refractivity contribution in [1.82, 2.24) is 34.7 Å². The number of amides is 1. The van der Waals surface area contributed by atoms with Crippen LogP contribution in [-0.2, 0) is 21.4 Å². The molecule has 6 rings (SSSR count). The van der Waals surface area contributed by atoms with Crippen molar-refractivity contribution in [3.8, 4) is 5.69 Å². The first-order valence-electron chi connectivity index (χ1n) is 11.1. The van der Waals surface area contributed by atoms with E-state index >= 15 is 0 Å². The van der Waals surface area contributed by atoms with Crippen LogP contribution in [0.4, 0.5) is 5.69 Å². The second-order valence-electron chi connectivity index (χ2n) is 9.15. The second kappa shape index (κ2) is 7.45. The highest BCUT2D eigenvalue weighted by molar-refractivity contribution is 6.05. The lowest BCUT2D eigenvalue weighted by Crippen LogP contribution is -2.26. The normalized spacial score (nSPS) is 17.9. The van der Waals surface area contributed by atoms with Gasteiger partial charge in [0.1, 0.15) is 5.82 Å². The van der Waals surface area contributed by atoms with E-state index in [2.05, 4.69) is 31.9 Å². The molecule has 3 aromatic heterocycles. The highest BCUT2D eigenvalue weighted by Crippen LogP contribution is 2.38. The third-order valence-electron chi connectivity index (χ3n) is 6.56. The number of rotatable bonds is 4. The number of anilines is 1. The molecule has 1 N–H and O–H groups in total. The number of carbonyl (C=O) groups excluding carboxylic acids is 1. The van der Waals surface area contributed by atoms with E-state index in [4.69, 9.17) is 9.72 Å². The Morgan fingerprint density at radius 3 is 2.91 bits per heavy atom. The number of carbonyl (C=O) groups is 1. The Morgan fingerprint density at radius 1 is 1.21 bits per heavy atom. The lowest BCUT2D eigenvalue weighted by atomic mass is 9.86. The van der Waals surface area contributed by atoms with E-state index in [0.717, 1.165) is 48.6 Å². The van der Waals surface area contributed by atoms with Gasteiger partial charge in [0, 0.05) is 31.5 Å². The maximum absolute atomic E-state index is 12.3. The van der Waals surface area contributed by atoms with E-state index in [1.807, 2.05) is 42.9 Å². The number of nitrogens with one attached hydrogen (secondary N) is 1. The summed E-state index contributed by atoms with van der Waals surface area (Å²) >= 11 is 0. The van der Waals surface area contributed by atoms with Gasteiger partial charge >= 0.3 is 0 Å². The van der Waals surface area contributed by atoms with Crippen LogP contribution in [0.2, 0.25) is 0 Å². The van der Waals surface area contributed by atoms with E-state index in [0.29, 0.717) is 29.5 Å². The summed E-state index contributed by atoms with van der Waals surface area (Å²) in [6.45, 7) is 5.39. The van der Waals surface area contributed by atoms with Gasteiger partial charge in [-0.25, -0.2) is 9.97 Å². The van der Waals surface area contributed by atoms with Gasteiger partial charge < -0.3 is 10.1 Å². The molecule has 168 valence electrons. The topological polar surface area (TPSA) is 113 Å². The van der Waals surface area contributed by atoms with Crippen LogP contribution in [0.25, 0.3) is 16.9 Å². The lowest BCUT2D eigenvalue weighted by Gasteiger charge is -2.22. The van der Waals surface area contributed by atoms with Gasteiger partial charge in [0.05, 0.1) is 29.5 Å². The smallest absolute Gasteiger partial charge is 0.234 e. The van der Waals surface area contributed by atoms with Crippen molar-refractivity contribution < 1.29 is 9.53 Å². The van der Waals surface area contributed by atoms with E-state index in [1.54, 1.807) is 10.9 Å². The molecule has 1 amide bonds. The third-order valence-corrected chi connectivity index (χ3v) is 6.56. The quantitative estimate of drug-likeness (QED) is 0.515. The van der Waals surface area contributed by atoms with Gasteiger partial charge in [-0.15, -0.1) is 5.10 Å². The summed E-state index contributed by atoms with van der Waals surface area (Å²) in [5.74, 6) is 0.664. The van der Waals surface area contributed by atoms with E-state index in [-0.39, 0.29) is 5.91 Å². The fourth-order valence-corrected chi connectivity index (χ4v) is 4.54. The SMILES string of the molecule is CC1(C)C(=O)Nc2cc(-n3nnc4cnc(Cc5cnn(C6CCOCC6)c5)nc43)ccc21. The van der Waals surface area contributed by atoms with Crippen molar-refractivity contribution in [2.45, 2.75) is 44.6 Å². The average molecular weight is 444 g/mol. The zero-order valence-electron chi connectivity index (χ0n) is 18.5. The molecule has 0 radical (unpaired) electrons. The second-order valence-corrected chi connectivity index (χ2v) is 9.15. The van der Waals surface area contributed by atoms with Crippen LogP contribution >= 0.6 is 0 Å². The summed E-state index contributed by atoms with van der Waals surface area (Å²) in [5, 5.41) is 16.0. The van der Waals surface area contributed by atoms with Crippen LogP contribution in [0.5, 0.6) is 0 Å². The van der Waals surface area contributed by atoms with Gasteiger partial charge in [-0.05, 0) is 49.9 Å². The number of benzene rings is 1. The van der Waals surface area contributed by atoms with Gasteiger partial charge in [0.25, 0.3) is 0 Å². The molecule has 1 saturated heterocycles. The number of hydrogen-bond donors (Lipinski definition) is 1. The highest BCUT2D eigenvalue weighted by atomic mass is 16.5. The maximum Gasteiger partial charge on any atom is 0.234 e. The molecule has 1 aromatic carbocycles. The zero-order valence-corrected chi connectivity index (χ0v) is 18.5.